The van der Waals surface area contributed by atoms with Gasteiger partial charge >= 0.3 is 5.97 Å². The summed E-state index contributed by atoms with van der Waals surface area (Å²) in [5, 5.41) is 8.83. The third kappa shape index (κ3) is 4.02. The van der Waals surface area contributed by atoms with Crippen molar-refractivity contribution in [2.75, 3.05) is 0 Å². The summed E-state index contributed by atoms with van der Waals surface area (Å²) in [5.74, 6) is -4.04. The van der Waals surface area contributed by atoms with Crippen molar-refractivity contribution in [3.8, 4) is 0 Å². The van der Waals surface area contributed by atoms with E-state index in [1.807, 2.05) is 6.07 Å². The minimum absolute atomic E-state index is 0.0154. The van der Waals surface area contributed by atoms with Gasteiger partial charge in [-0.1, -0.05) is 26.0 Å². The highest BCUT2D eigenvalue weighted by atomic mass is 19.3. The second kappa shape index (κ2) is 5.74. The van der Waals surface area contributed by atoms with Gasteiger partial charge in [0.2, 0.25) is 0 Å². The van der Waals surface area contributed by atoms with E-state index in [1.54, 1.807) is 19.9 Å². The van der Waals surface area contributed by atoms with Gasteiger partial charge in [0.1, 0.15) is 0 Å². The molecule has 0 bridgehead atoms. The molecule has 1 N–H and O–H groups in total. The standard InChI is InChI=1S/C17H22F2O2/c1-16(2,10-15(20)21)11-17(18,19)14-8-7-12-5-3-4-6-13(12)9-14/h7-9H,3-6,10-11H2,1-2H3,(H,20,21). The summed E-state index contributed by atoms with van der Waals surface area (Å²) in [7, 11) is 0. The Morgan fingerprint density at radius 1 is 1.19 bits per heavy atom. The molecule has 0 spiro atoms. The first-order valence-electron chi connectivity index (χ1n) is 7.42. The molecule has 1 aromatic carbocycles. The number of carboxylic acids is 1. The first kappa shape index (κ1) is 15.9. The molecule has 0 fully saturated rings. The number of hydrogen-bond donors (Lipinski definition) is 1. The molecule has 0 saturated carbocycles. The fraction of sp³-hybridized carbons (Fsp3) is 0.588. The number of fused-ring (bicyclic) bond motifs is 1. The molecule has 0 atom stereocenters. The van der Waals surface area contributed by atoms with E-state index in [2.05, 4.69) is 0 Å². The minimum Gasteiger partial charge on any atom is -0.481 e. The maximum atomic E-state index is 14.5. The summed E-state index contributed by atoms with van der Waals surface area (Å²) in [4.78, 5) is 10.8. The second-order valence-corrected chi connectivity index (χ2v) is 6.81. The van der Waals surface area contributed by atoms with E-state index in [0.717, 1.165) is 31.2 Å². The molecule has 0 amide bonds. The highest BCUT2D eigenvalue weighted by Gasteiger charge is 2.39. The van der Waals surface area contributed by atoms with Gasteiger partial charge in [0.05, 0.1) is 6.42 Å². The largest absolute Gasteiger partial charge is 0.481 e. The van der Waals surface area contributed by atoms with Gasteiger partial charge in [-0.15, -0.1) is 0 Å². The first-order valence-corrected chi connectivity index (χ1v) is 7.42. The van der Waals surface area contributed by atoms with E-state index in [9.17, 15) is 13.6 Å². The van der Waals surface area contributed by atoms with Crippen LogP contribution in [-0.4, -0.2) is 11.1 Å². The molecule has 0 aliphatic heterocycles. The maximum Gasteiger partial charge on any atom is 0.303 e. The molecule has 4 heteroatoms. The van der Waals surface area contributed by atoms with Crippen LogP contribution in [0.3, 0.4) is 0 Å². The van der Waals surface area contributed by atoms with E-state index in [-0.39, 0.29) is 12.0 Å². The molecule has 0 unspecified atom stereocenters. The molecule has 2 rings (SSSR count). The van der Waals surface area contributed by atoms with Gasteiger partial charge in [-0.3, -0.25) is 4.79 Å². The van der Waals surface area contributed by atoms with Crippen molar-refractivity contribution in [2.45, 2.75) is 58.3 Å². The number of benzene rings is 1. The van der Waals surface area contributed by atoms with Crippen molar-refractivity contribution in [3.63, 3.8) is 0 Å². The highest BCUT2D eigenvalue weighted by molar-refractivity contribution is 5.67. The number of halogens is 2. The Kier molecular flexibility index (Phi) is 4.35. The number of carbonyl (C=O) groups is 1. The van der Waals surface area contributed by atoms with Crippen LogP contribution in [-0.2, 0) is 23.6 Å². The van der Waals surface area contributed by atoms with E-state index >= 15 is 0 Å². The topological polar surface area (TPSA) is 37.3 Å². The van der Waals surface area contributed by atoms with Crippen molar-refractivity contribution in [3.05, 3.63) is 34.9 Å². The van der Waals surface area contributed by atoms with Crippen LogP contribution in [0.25, 0.3) is 0 Å². The molecule has 2 nitrogen and oxygen atoms in total. The SMILES string of the molecule is CC(C)(CC(=O)O)CC(F)(F)c1ccc2c(c1)CCCC2. The number of carboxylic acid groups (broad SMARTS) is 1. The zero-order valence-corrected chi connectivity index (χ0v) is 12.6. The van der Waals surface area contributed by atoms with Crippen LogP contribution in [0.15, 0.2) is 18.2 Å². The van der Waals surface area contributed by atoms with Crippen molar-refractivity contribution < 1.29 is 18.7 Å². The Morgan fingerprint density at radius 2 is 1.81 bits per heavy atom. The summed E-state index contributed by atoms with van der Waals surface area (Å²) in [6.07, 6.45) is 3.28. The predicted molar refractivity (Wildman–Crippen MR) is 77.6 cm³/mol. The molecule has 21 heavy (non-hydrogen) atoms. The molecule has 1 aliphatic rings. The second-order valence-electron chi connectivity index (χ2n) is 6.81. The number of aryl methyl sites for hydroxylation is 2. The van der Waals surface area contributed by atoms with E-state index in [1.165, 1.54) is 11.6 Å². The van der Waals surface area contributed by atoms with Gasteiger partial charge in [-0.2, -0.15) is 0 Å². The van der Waals surface area contributed by atoms with Gasteiger partial charge < -0.3 is 5.11 Å². The Hall–Kier alpha value is -1.45. The highest BCUT2D eigenvalue weighted by Crippen LogP contribution is 2.42. The molecule has 1 aliphatic carbocycles. The van der Waals surface area contributed by atoms with Gasteiger partial charge in [0, 0.05) is 12.0 Å². The van der Waals surface area contributed by atoms with Crippen LogP contribution in [0.4, 0.5) is 8.78 Å². The van der Waals surface area contributed by atoms with Gasteiger partial charge in [-0.05, 0) is 48.3 Å². The van der Waals surface area contributed by atoms with E-state index < -0.39 is 23.7 Å². The molecule has 0 radical (unpaired) electrons. The normalized spacial score (nSPS) is 15.6. The Bertz CT molecular complexity index is 536. The van der Waals surface area contributed by atoms with Crippen molar-refractivity contribution in [1.82, 2.24) is 0 Å². The zero-order chi connectivity index (χ0) is 15.7. The Balaban J connectivity index is 2.20. The number of rotatable bonds is 5. The molecule has 0 saturated heterocycles. The molecular weight excluding hydrogens is 274 g/mol. The third-order valence-electron chi connectivity index (χ3n) is 4.10. The van der Waals surface area contributed by atoms with Crippen LogP contribution in [0, 0.1) is 5.41 Å². The molecular formula is C17H22F2O2. The lowest BCUT2D eigenvalue weighted by molar-refractivity contribution is -0.140. The Labute approximate surface area is 124 Å². The van der Waals surface area contributed by atoms with Gasteiger partial charge in [-0.25, -0.2) is 8.78 Å². The summed E-state index contributed by atoms with van der Waals surface area (Å²) >= 11 is 0. The number of alkyl halides is 2. The van der Waals surface area contributed by atoms with Crippen molar-refractivity contribution in [1.29, 1.82) is 0 Å². The average Bonchev–Trinajstić information content (AvgIpc) is 2.35. The van der Waals surface area contributed by atoms with E-state index in [0.29, 0.717) is 0 Å². The smallest absolute Gasteiger partial charge is 0.303 e. The Morgan fingerprint density at radius 3 is 2.43 bits per heavy atom. The van der Waals surface area contributed by atoms with Gasteiger partial charge in [0.15, 0.2) is 0 Å². The minimum atomic E-state index is -2.99. The monoisotopic (exact) mass is 296 g/mol. The third-order valence-corrected chi connectivity index (χ3v) is 4.10. The van der Waals surface area contributed by atoms with Crippen LogP contribution in [0.5, 0.6) is 0 Å². The lowest BCUT2D eigenvalue weighted by Crippen LogP contribution is -2.27. The average molecular weight is 296 g/mol. The summed E-state index contributed by atoms with van der Waals surface area (Å²) in [6.45, 7) is 3.15. The lowest BCUT2D eigenvalue weighted by atomic mass is 9.80. The summed E-state index contributed by atoms with van der Waals surface area (Å²) in [6, 6.07) is 4.92. The van der Waals surface area contributed by atoms with Crippen LogP contribution in [0.2, 0.25) is 0 Å². The van der Waals surface area contributed by atoms with Crippen molar-refractivity contribution >= 4 is 5.97 Å². The first-order chi connectivity index (χ1) is 9.70. The summed E-state index contributed by atoms with van der Waals surface area (Å²) < 4.78 is 29.0. The van der Waals surface area contributed by atoms with Crippen LogP contribution in [0.1, 0.15) is 56.2 Å². The molecule has 0 heterocycles. The number of aliphatic carboxylic acids is 1. The molecule has 1 aromatic rings. The van der Waals surface area contributed by atoms with Crippen molar-refractivity contribution in [2.24, 2.45) is 5.41 Å². The lowest BCUT2D eigenvalue weighted by Gasteiger charge is -2.29. The van der Waals surface area contributed by atoms with Crippen LogP contribution < -0.4 is 0 Å². The number of hydrogen-bond acceptors (Lipinski definition) is 1. The van der Waals surface area contributed by atoms with Crippen LogP contribution >= 0.6 is 0 Å². The fourth-order valence-electron chi connectivity index (χ4n) is 3.14. The zero-order valence-electron chi connectivity index (χ0n) is 12.6. The maximum absolute atomic E-state index is 14.5. The summed E-state index contributed by atoms with van der Waals surface area (Å²) in [5.41, 5.74) is 1.27. The van der Waals surface area contributed by atoms with E-state index in [4.69, 9.17) is 5.11 Å². The predicted octanol–water partition coefficient (Wildman–Crippen LogP) is 4.55. The van der Waals surface area contributed by atoms with Gasteiger partial charge in [0.25, 0.3) is 5.92 Å². The molecule has 0 aromatic heterocycles. The quantitative estimate of drug-likeness (QED) is 0.865. The molecule has 116 valence electrons. The fourth-order valence-corrected chi connectivity index (χ4v) is 3.14.